The molecule has 0 radical (unpaired) electrons. The number of carbonyl (C=O) groups excluding carboxylic acids is 1. The van der Waals surface area contributed by atoms with Gasteiger partial charge in [0.2, 0.25) is 17.7 Å². The van der Waals surface area contributed by atoms with Crippen molar-refractivity contribution < 1.29 is 18.3 Å². The fourth-order valence-corrected chi connectivity index (χ4v) is 2.59. The van der Waals surface area contributed by atoms with Crippen LogP contribution >= 0.6 is 11.6 Å². The number of benzene rings is 1. The molecule has 0 unspecified atom stereocenters. The zero-order valence-corrected chi connectivity index (χ0v) is 15.8. The van der Waals surface area contributed by atoms with Crippen LogP contribution in [0.4, 0.5) is 14.7 Å². The van der Waals surface area contributed by atoms with Gasteiger partial charge in [-0.25, -0.2) is 8.78 Å². The van der Waals surface area contributed by atoms with Gasteiger partial charge in [-0.05, 0) is 26.0 Å². The number of nitrogens with zero attached hydrogens (tertiary/aromatic N) is 3. The molecule has 10 heteroatoms. The van der Waals surface area contributed by atoms with E-state index in [0.29, 0.717) is 0 Å². The minimum Gasteiger partial charge on any atom is -0.471 e. The van der Waals surface area contributed by atoms with Gasteiger partial charge in [-0.1, -0.05) is 11.6 Å². The lowest BCUT2D eigenvalue weighted by molar-refractivity contribution is -0.116. The van der Waals surface area contributed by atoms with E-state index in [2.05, 4.69) is 4.98 Å². The van der Waals surface area contributed by atoms with E-state index in [0.717, 1.165) is 12.1 Å². The lowest BCUT2D eigenvalue weighted by Gasteiger charge is -2.24. The number of hydrogen-bond acceptors (Lipinski definition) is 5. The SMILES string of the molecule is CC(C)n1c(N(C)CC(N)=O)nc(OCc2ccc(F)cc2F)c(Cl)c1=O. The summed E-state index contributed by atoms with van der Waals surface area (Å²) in [5.74, 6) is -2.25. The third-order valence-electron chi connectivity index (χ3n) is 3.64. The molecule has 7 nitrogen and oxygen atoms in total. The number of ether oxygens (including phenoxy) is 1. The van der Waals surface area contributed by atoms with Crippen LogP contribution < -0.4 is 20.9 Å². The topological polar surface area (TPSA) is 90.5 Å². The number of halogens is 3. The molecule has 1 heterocycles. The van der Waals surface area contributed by atoms with E-state index < -0.39 is 23.1 Å². The summed E-state index contributed by atoms with van der Waals surface area (Å²) in [5.41, 5.74) is 4.68. The molecule has 0 aliphatic heterocycles. The molecule has 0 saturated heterocycles. The average Bonchev–Trinajstić information content (AvgIpc) is 2.56. The fourth-order valence-electron chi connectivity index (χ4n) is 2.40. The number of hydrogen-bond donors (Lipinski definition) is 1. The van der Waals surface area contributed by atoms with Crippen LogP contribution in [0.2, 0.25) is 5.02 Å². The molecule has 0 atom stereocenters. The first-order valence-corrected chi connectivity index (χ1v) is 8.37. The van der Waals surface area contributed by atoms with E-state index in [4.69, 9.17) is 22.1 Å². The highest BCUT2D eigenvalue weighted by Gasteiger charge is 2.21. The maximum atomic E-state index is 13.8. The highest BCUT2D eigenvalue weighted by Crippen LogP contribution is 2.25. The Morgan fingerprint density at radius 2 is 2.07 bits per heavy atom. The molecule has 0 saturated carbocycles. The first-order valence-electron chi connectivity index (χ1n) is 8.00. The van der Waals surface area contributed by atoms with E-state index in [-0.39, 0.29) is 41.6 Å². The standard InChI is InChI=1S/C17H19ClF2N4O3/c1-9(2)24-16(26)14(18)15(22-17(24)23(3)7-13(21)25)27-8-10-4-5-11(19)6-12(10)20/h4-6,9H,7-8H2,1-3H3,(H2,21,25). The second kappa shape index (κ2) is 8.34. The summed E-state index contributed by atoms with van der Waals surface area (Å²) in [5, 5.41) is -0.289. The number of nitrogens with two attached hydrogens (primary N) is 1. The summed E-state index contributed by atoms with van der Waals surface area (Å²) in [6.07, 6.45) is 0. The van der Waals surface area contributed by atoms with Crippen LogP contribution in [0.5, 0.6) is 5.88 Å². The molecule has 2 rings (SSSR count). The van der Waals surface area contributed by atoms with Gasteiger partial charge < -0.3 is 15.4 Å². The van der Waals surface area contributed by atoms with Gasteiger partial charge in [0, 0.05) is 24.7 Å². The van der Waals surface area contributed by atoms with Gasteiger partial charge in [-0.2, -0.15) is 4.98 Å². The second-order valence-electron chi connectivity index (χ2n) is 6.15. The first-order chi connectivity index (χ1) is 12.6. The largest absolute Gasteiger partial charge is 0.471 e. The predicted molar refractivity (Wildman–Crippen MR) is 97.0 cm³/mol. The van der Waals surface area contributed by atoms with Gasteiger partial charge in [0.05, 0.1) is 6.54 Å². The molecule has 146 valence electrons. The number of aromatic nitrogens is 2. The normalized spacial score (nSPS) is 10.9. The van der Waals surface area contributed by atoms with E-state index in [9.17, 15) is 18.4 Å². The summed E-state index contributed by atoms with van der Waals surface area (Å²) >= 11 is 6.07. The number of carbonyl (C=O) groups is 1. The molecule has 1 aromatic carbocycles. The molecule has 0 fully saturated rings. The molecule has 0 bridgehead atoms. The van der Waals surface area contributed by atoms with Crippen molar-refractivity contribution in [1.29, 1.82) is 0 Å². The fraction of sp³-hybridized carbons (Fsp3) is 0.353. The zero-order valence-electron chi connectivity index (χ0n) is 15.0. The highest BCUT2D eigenvalue weighted by atomic mass is 35.5. The van der Waals surface area contributed by atoms with Crippen LogP contribution in [0.15, 0.2) is 23.0 Å². The molecule has 1 amide bonds. The second-order valence-corrected chi connectivity index (χ2v) is 6.52. The summed E-state index contributed by atoms with van der Waals surface area (Å²) in [7, 11) is 1.53. The molecule has 2 N–H and O–H groups in total. The maximum Gasteiger partial charge on any atom is 0.277 e. The van der Waals surface area contributed by atoms with Crippen molar-refractivity contribution in [1.82, 2.24) is 9.55 Å². The highest BCUT2D eigenvalue weighted by molar-refractivity contribution is 6.31. The zero-order chi connectivity index (χ0) is 20.3. The Morgan fingerprint density at radius 1 is 1.41 bits per heavy atom. The Morgan fingerprint density at radius 3 is 2.63 bits per heavy atom. The van der Waals surface area contributed by atoms with Gasteiger partial charge in [0.1, 0.15) is 18.2 Å². The number of primary amides is 1. The Balaban J connectivity index is 2.42. The van der Waals surface area contributed by atoms with Crippen LogP contribution in [-0.2, 0) is 11.4 Å². The third kappa shape index (κ3) is 4.73. The molecule has 27 heavy (non-hydrogen) atoms. The van der Waals surface area contributed by atoms with Crippen molar-refractivity contribution in [2.75, 3.05) is 18.5 Å². The van der Waals surface area contributed by atoms with Gasteiger partial charge in [-0.15, -0.1) is 0 Å². The Bertz CT molecular complexity index is 918. The van der Waals surface area contributed by atoms with E-state index in [1.54, 1.807) is 13.8 Å². The van der Waals surface area contributed by atoms with Crippen molar-refractivity contribution >= 4 is 23.5 Å². The van der Waals surface area contributed by atoms with Gasteiger partial charge in [-0.3, -0.25) is 14.2 Å². The average molecular weight is 401 g/mol. The number of likely N-dealkylation sites (N-methyl/N-ethyl adjacent to an activating group) is 1. The summed E-state index contributed by atoms with van der Waals surface area (Å²) < 4.78 is 33.4. The molecule has 0 aliphatic rings. The predicted octanol–water partition coefficient (Wildman–Crippen LogP) is 2.26. The molecule has 0 aliphatic carbocycles. The molecule has 1 aromatic heterocycles. The summed E-state index contributed by atoms with van der Waals surface area (Å²) in [4.78, 5) is 29.4. The van der Waals surface area contributed by atoms with Gasteiger partial charge >= 0.3 is 0 Å². The van der Waals surface area contributed by atoms with Crippen LogP contribution in [-0.4, -0.2) is 29.1 Å². The van der Waals surface area contributed by atoms with E-state index in [1.807, 2.05) is 0 Å². The Hall–Kier alpha value is -2.68. The van der Waals surface area contributed by atoms with E-state index >= 15 is 0 Å². The van der Waals surface area contributed by atoms with Crippen LogP contribution in [0, 0.1) is 11.6 Å². The third-order valence-corrected chi connectivity index (χ3v) is 3.97. The van der Waals surface area contributed by atoms with Crippen LogP contribution in [0.3, 0.4) is 0 Å². The number of rotatable bonds is 7. The number of amides is 1. The molecule has 2 aromatic rings. The van der Waals surface area contributed by atoms with Crippen LogP contribution in [0.25, 0.3) is 0 Å². The minimum atomic E-state index is -0.798. The molecular formula is C17H19ClF2N4O3. The van der Waals surface area contributed by atoms with Crippen molar-refractivity contribution in [3.05, 3.63) is 50.8 Å². The number of anilines is 1. The minimum absolute atomic E-state index is 0.0642. The van der Waals surface area contributed by atoms with Gasteiger partial charge in [0.15, 0.2) is 5.02 Å². The van der Waals surface area contributed by atoms with E-state index in [1.165, 1.54) is 22.6 Å². The first kappa shape index (κ1) is 20.6. The maximum absolute atomic E-state index is 13.8. The monoisotopic (exact) mass is 400 g/mol. The quantitative estimate of drug-likeness (QED) is 0.769. The van der Waals surface area contributed by atoms with Crippen LogP contribution in [0.1, 0.15) is 25.5 Å². The Labute approximate surface area is 159 Å². The smallest absolute Gasteiger partial charge is 0.277 e. The summed E-state index contributed by atoms with van der Waals surface area (Å²) in [6.45, 7) is 2.99. The van der Waals surface area contributed by atoms with Crippen molar-refractivity contribution in [2.45, 2.75) is 26.5 Å². The molecule has 0 spiro atoms. The lowest BCUT2D eigenvalue weighted by atomic mass is 10.2. The van der Waals surface area contributed by atoms with Crippen molar-refractivity contribution in [3.63, 3.8) is 0 Å². The summed E-state index contributed by atoms with van der Waals surface area (Å²) in [6, 6.07) is 2.71. The van der Waals surface area contributed by atoms with Gasteiger partial charge in [0.25, 0.3) is 5.56 Å². The van der Waals surface area contributed by atoms with Crippen molar-refractivity contribution in [2.24, 2.45) is 5.73 Å². The Kier molecular flexibility index (Phi) is 6.37. The molecular weight excluding hydrogens is 382 g/mol. The lowest BCUT2D eigenvalue weighted by Crippen LogP contribution is -2.37. The van der Waals surface area contributed by atoms with Crippen molar-refractivity contribution in [3.8, 4) is 5.88 Å².